The molecule has 220 valence electrons. The highest BCUT2D eigenvalue weighted by molar-refractivity contribution is 9.09. The summed E-state index contributed by atoms with van der Waals surface area (Å²) in [5.41, 5.74) is 0.162. The number of amides is 2. The van der Waals surface area contributed by atoms with E-state index in [0.29, 0.717) is 18.4 Å². The number of esters is 1. The number of benzene rings is 1. The zero-order valence-electron chi connectivity index (χ0n) is 23.3. The van der Waals surface area contributed by atoms with Gasteiger partial charge in [0.2, 0.25) is 11.8 Å². The van der Waals surface area contributed by atoms with Gasteiger partial charge in [-0.3, -0.25) is 14.4 Å². The lowest BCUT2D eigenvalue weighted by atomic mass is 9.70. The highest BCUT2D eigenvalue weighted by Gasteiger charge is 2.77. The Bertz CT molecular complexity index is 1350. The van der Waals surface area contributed by atoms with E-state index in [1.54, 1.807) is 21.7 Å². The van der Waals surface area contributed by atoms with Crippen LogP contribution in [0.4, 0.5) is 0 Å². The molecule has 2 bridgehead atoms. The predicted molar refractivity (Wildman–Crippen MR) is 153 cm³/mol. The molecule has 5 rings (SSSR count). The van der Waals surface area contributed by atoms with Crippen LogP contribution in [0.5, 0.6) is 0 Å². The van der Waals surface area contributed by atoms with Crippen molar-refractivity contribution in [3.63, 3.8) is 0 Å². The van der Waals surface area contributed by atoms with Crippen LogP contribution in [-0.4, -0.2) is 96.1 Å². The standard InChI is InChI=1S/C29H36BrN5O6/c1-5-7-13-40-28(39)22-23-26(37)35(21(15-36)17(3)4)25(29(23)14-18(30)24(22)41-29)27(38)33(12-6-2)16-34-20-11-9-8-10-19(20)31-32-34/h5-6,8-11,17-18,21-25,36H,1-2,7,12-16H2,3-4H3/t18?,21-,22+,23-,24+,25?,29?/m0/s1. The fourth-order valence-corrected chi connectivity index (χ4v) is 7.61. The average molecular weight is 631 g/mol. The number of fused-ring (bicyclic) bond motifs is 2. The second-order valence-electron chi connectivity index (χ2n) is 11.2. The Labute approximate surface area is 247 Å². The SMILES string of the molecule is C=CCCOC(=O)[C@H]1[C@@H]2OC3(CC2Br)C(C(=O)N(CC=C)Cn2nnc4ccccc42)N([C@@H](CO)C(C)C)C(=O)[C@H]13. The molecule has 12 heteroatoms. The van der Waals surface area contributed by atoms with Crippen LogP contribution in [-0.2, 0) is 30.5 Å². The first-order valence-electron chi connectivity index (χ1n) is 13.9. The van der Waals surface area contributed by atoms with E-state index in [1.165, 1.54) is 4.90 Å². The summed E-state index contributed by atoms with van der Waals surface area (Å²) in [7, 11) is 0. The Morgan fingerprint density at radius 3 is 2.76 bits per heavy atom. The average Bonchev–Trinajstić information content (AvgIpc) is 3.66. The third-order valence-corrected chi connectivity index (χ3v) is 9.34. The van der Waals surface area contributed by atoms with Crippen LogP contribution in [0.15, 0.2) is 49.6 Å². The number of carbonyl (C=O) groups is 3. The molecule has 3 fully saturated rings. The lowest BCUT2D eigenvalue weighted by Gasteiger charge is -2.40. The molecule has 2 aromatic rings. The van der Waals surface area contributed by atoms with Crippen molar-refractivity contribution < 1.29 is 29.0 Å². The molecule has 11 nitrogen and oxygen atoms in total. The van der Waals surface area contributed by atoms with E-state index in [-0.39, 0.29) is 49.0 Å². The van der Waals surface area contributed by atoms with E-state index < -0.39 is 41.6 Å². The minimum Gasteiger partial charge on any atom is -0.465 e. The van der Waals surface area contributed by atoms with Crippen LogP contribution < -0.4 is 0 Å². The monoisotopic (exact) mass is 629 g/mol. The Morgan fingerprint density at radius 1 is 1.32 bits per heavy atom. The molecule has 1 N–H and O–H groups in total. The number of hydrogen-bond acceptors (Lipinski definition) is 8. The van der Waals surface area contributed by atoms with Crippen molar-refractivity contribution in [3.8, 4) is 0 Å². The number of halogens is 1. The highest BCUT2D eigenvalue weighted by Crippen LogP contribution is 2.61. The molecule has 4 heterocycles. The van der Waals surface area contributed by atoms with Crippen molar-refractivity contribution in [1.29, 1.82) is 0 Å². The molecular formula is C29H36BrN5O6. The van der Waals surface area contributed by atoms with Gasteiger partial charge in [0, 0.05) is 11.4 Å². The fourth-order valence-electron chi connectivity index (χ4n) is 6.66. The van der Waals surface area contributed by atoms with Crippen molar-refractivity contribution in [2.45, 2.75) is 62.0 Å². The number of likely N-dealkylation sites (tertiary alicyclic amines) is 1. The number of ether oxygens (including phenoxy) is 2. The third-order valence-electron chi connectivity index (χ3n) is 8.50. The summed E-state index contributed by atoms with van der Waals surface area (Å²) in [6.45, 7) is 11.3. The number of aromatic nitrogens is 3. The molecule has 3 aliphatic heterocycles. The molecule has 3 aliphatic rings. The largest absolute Gasteiger partial charge is 0.465 e. The molecule has 1 aromatic heterocycles. The number of carbonyl (C=O) groups excluding carboxylic acids is 3. The molecule has 7 atom stereocenters. The van der Waals surface area contributed by atoms with Crippen molar-refractivity contribution in [3.05, 3.63) is 49.6 Å². The molecule has 3 unspecified atom stereocenters. The number of aliphatic hydroxyl groups excluding tert-OH is 1. The van der Waals surface area contributed by atoms with Crippen molar-refractivity contribution >= 4 is 44.7 Å². The number of hydrogen-bond donors (Lipinski definition) is 1. The topological polar surface area (TPSA) is 127 Å². The number of para-hydroxylation sites is 1. The van der Waals surface area contributed by atoms with Gasteiger partial charge in [0.1, 0.15) is 23.8 Å². The Hall–Kier alpha value is -3.09. The Balaban J connectivity index is 1.56. The first kappa shape index (κ1) is 29.4. The van der Waals surface area contributed by atoms with E-state index in [9.17, 15) is 19.5 Å². The first-order chi connectivity index (χ1) is 19.7. The van der Waals surface area contributed by atoms with Gasteiger partial charge in [0.05, 0.1) is 42.7 Å². The van der Waals surface area contributed by atoms with Crippen LogP contribution in [0, 0.1) is 17.8 Å². The molecule has 1 spiro atoms. The first-order valence-corrected chi connectivity index (χ1v) is 14.8. The summed E-state index contributed by atoms with van der Waals surface area (Å²) >= 11 is 3.67. The quantitative estimate of drug-likeness (QED) is 0.164. The van der Waals surface area contributed by atoms with E-state index in [2.05, 4.69) is 39.4 Å². The van der Waals surface area contributed by atoms with Gasteiger partial charge in [-0.25, -0.2) is 4.68 Å². The minimum atomic E-state index is -1.28. The number of alkyl halides is 1. The molecule has 0 aliphatic carbocycles. The molecule has 0 radical (unpaired) electrons. The number of aliphatic hydroxyl groups is 1. The summed E-state index contributed by atoms with van der Waals surface area (Å²) in [5, 5.41) is 18.9. The number of rotatable bonds is 12. The van der Waals surface area contributed by atoms with Gasteiger partial charge in [-0.2, -0.15) is 0 Å². The van der Waals surface area contributed by atoms with E-state index in [4.69, 9.17) is 9.47 Å². The van der Waals surface area contributed by atoms with E-state index >= 15 is 0 Å². The summed E-state index contributed by atoms with van der Waals surface area (Å²) in [6, 6.07) is 5.69. The lowest BCUT2D eigenvalue weighted by Crippen LogP contribution is -2.60. The van der Waals surface area contributed by atoms with Crippen molar-refractivity contribution in [2.24, 2.45) is 17.8 Å². The van der Waals surface area contributed by atoms with Gasteiger partial charge < -0.3 is 24.4 Å². The zero-order chi connectivity index (χ0) is 29.5. The summed E-state index contributed by atoms with van der Waals surface area (Å²) in [4.78, 5) is 45.1. The molecule has 41 heavy (non-hydrogen) atoms. The van der Waals surface area contributed by atoms with Gasteiger partial charge in [0.25, 0.3) is 0 Å². The zero-order valence-corrected chi connectivity index (χ0v) is 24.9. The smallest absolute Gasteiger partial charge is 0.312 e. The molecule has 1 aromatic carbocycles. The minimum absolute atomic E-state index is 0.0598. The molecule has 2 amide bonds. The van der Waals surface area contributed by atoms with Gasteiger partial charge in [0.15, 0.2) is 0 Å². The van der Waals surface area contributed by atoms with Gasteiger partial charge in [-0.05, 0) is 30.9 Å². The van der Waals surface area contributed by atoms with Gasteiger partial charge in [-0.1, -0.05) is 59.3 Å². The van der Waals surface area contributed by atoms with Crippen LogP contribution in [0.1, 0.15) is 26.7 Å². The summed E-state index contributed by atoms with van der Waals surface area (Å²) in [6.07, 6.45) is 3.46. The maximum atomic E-state index is 14.6. The molecular weight excluding hydrogens is 594 g/mol. The normalized spacial score (nSPS) is 29.1. The van der Waals surface area contributed by atoms with Crippen LogP contribution in [0.3, 0.4) is 0 Å². The maximum Gasteiger partial charge on any atom is 0.312 e. The second-order valence-corrected chi connectivity index (χ2v) is 12.4. The third kappa shape index (κ3) is 4.79. The van der Waals surface area contributed by atoms with Gasteiger partial charge in [-0.15, -0.1) is 18.3 Å². The van der Waals surface area contributed by atoms with Gasteiger partial charge >= 0.3 is 5.97 Å². The van der Waals surface area contributed by atoms with Crippen LogP contribution >= 0.6 is 15.9 Å². The maximum absolute atomic E-state index is 14.6. The number of nitrogens with zero attached hydrogens (tertiary/aromatic N) is 5. The lowest BCUT2D eigenvalue weighted by molar-refractivity contribution is -0.157. The Kier molecular flexibility index (Phi) is 8.36. The highest BCUT2D eigenvalue weighted by atomic mass is 79.9. The van der Waals surface area contributed by atoms with Crippen molar-refractivity contribution in [2.75, 3.05) is 19.8 Å². The van der Waals surface area contributed by atoms with Crippen molar-refractivity contribution in [1.82, 2.24) is 24.8 Å². The van der Waals surface area contributed by atoms with Crippen LogP contribution in [0.25, 0.3) is 11.0 Å². The second kappa shape index (κ2) is 11.7. The fraction of sp³-hybridized carbons (Fsp3) is 0.552. The molecule has 0 saturated carbocycles. The van der Waals surface area contributed by atoms with Crippen LogP contribution in [0.2, 0.25) is 0 Å². The summed E-state index contributed by atoms with van der Waals surface area (Å²) < 4.78 is 13.7. The summed E-state index contributed by atoms with van der Waals surface area (Å²) in [5.74, 6) is -3.26. The predicted octanol–water partition coefficient (Wildman–Crippen LogP) is 2.29. The van der Waals surface area contributed by atoms with E-state index in [1.807, 2.05) is 38.1 Å². The Morgan fingerprint density at radius 2 is 2.07 bits per heavy atom. The van der Waals surface area contributed by atoms with E-state index in [0.717, 1.165) is 5.52 Å². The molecule has 3 saturated heterocycles.